The van der Waals surface area contributed by atoms with E-state index in [2.05, 4.69) is 15.5 Å². The van der Waals surface area contributed by atoms with E-state index >= 15 is 0 Å². The van der Waals surface area contributed by atoms with Crippen molar-refractivity contribution in [1.29, 1.82) is 0 Å². The number of amides is 3. The number of imide groups is 1. The van der Waals surface area contributed by atoms with Gasteiger partial charge < -0.3 is 5.32 Å². The van der Waals surface area contributed by atoms with Crippen LogP contribution in [0.25, 0.3) is 0 Å². The first-order valence-electron chi connectivity index (χ1n) is 8.90. The van der Waals surface area contributed by atoms with E-state index in [0.29, 0.717) is 29.9 Å². The molecule has 3 aromatic rings. The van der Waals surface area contributed by atoms with E-state index in [9.17, 15) is 14.4 Å². The largest absolute Gasteiger partial charge is 0.305 e. The Morgan fingerprint density at radius 1 is 1.04 bits per heavy atom. The van der Waals surface area contributed by atoms with E-state index in [1.807, 2.05) is 37.3 Å². The summed E-state index contributed by atoms with van der Waals surface area (Å²) in [7, 11) is 0. The highest BCUT2D eigenvalue weighted by Crippen LogP contribution is 2.24. The maximum atomic E-state index is 12.7. The molecule has 0 fully saturated rings. The number of nitrogens with zero attached hydrogens (tertiary/aromatic N) is 2. The van der Waals surface area contributed by atoms with Gasteiger partial charge in [-0.15, -0.1) is 0 Å². The highest BCUT2D eigenvalue weighted by molar-refractivity contribution is 6.22. The highest BCUT2D eigenvalue weighted by Gasteiger charge is 2.35. The first-order valence-corrected chi connectivity index (χ1v) is 8.90. The summed E-state index contributed by atoms with van der Waals surface area (Å²) in [6, 6.07) is 15.9. The summed E-state index contributed by atoms with van der Waals surface area (Å²) in [5.41, 5.74) is 2.74. The van der Waals surface area contributed by atoms with Crippen LogP contribution in [-0.4, -0.2) is 39.4 Å². The van der Waals surface area contributed by atoms with Crippen LogP contribution < -0.4 is 5.32 Å². The molecular weight excluding hydrogens is 356 g/mol. The van der Waals surface area contributed by atoms with Crippen LogP contribution in [0.15, 0.2) is 54.6 Å². The van der Waals surface area contributed by atoms with Crippen molar-refractivity contribution in [1.82, 2.24) is 15.1 Å². The van der Waals surface area contributed by atoms with Gasteiger partial charge in [0, 0.05) is 23.9 Å². The van der Waals surface area contributed by atoms with Crippen LogP contribution >= 0.6 is 0 Å². The van der Waals surface area contributed by atoms with Crippen LogP contribution in [0.1, 0.15) is 42.3 Å². The lowest BCUT2D eigenvalue weighted by molar-refractivity contribution is 0.0656. The van der Waals surface area contributed by atoms with Crippen molar-refractivity contribution in [3.8, 4) is 0 Å². The van der Waals surface area contributed by atoms with Crippen molar-refractivity contribution in [3.63, 3.8) is 0 Å². The van der Waals surface area contributed by atoms with E-state index in [0.717, 1.165) is 11.3 Å². The molecule has 0 aliphatic carbocycles. The third-order valence-electron chi connectivity index (χ3n) is 4.65. The maximum absolute atomic E-state index is 12.7. The average molecular weight is 374 g/mol. The Morgan fingerprint density at radius 3 is 2.50 bits per heavy atom. The maximum Gasteiger partial charge on any atom is 0.261 e. The fourth-order valence-electron chi connectivity index (χ4n) is 3.19. The summed E-state index contributed by atoms with van der Waals surface area (Å²) in [4.78, 5) is 39.0. The second-order valence-electron chi connectivity index (χ2n) is 6.65. The van der Waals surface area contributed by atoms with Crippen LogP contribution in [0.5, 0.6) is 0 Å². The molecule has 1 aliphatic rings. The minimum atomic E-state index is -0.391. The normalized spacial score (nSPS) is 13.0. The molecule has 1 aromatic heterocycles. The molecule has 0 unspecified atom stereocenters. The van der Waals surface area contributed by atoms with Gasteiger partial charge in [-0.05, 0) is 37.1 Å². The molecule has 2 heterocycles. The Balaban J connectivity index is 1.51. The van der Waals surface area contributed by atoms with Crippen LogP contribution in [0.3, 0.4) is 0 Å². The number of rotatable bonds is 5. The molecule has 0 bridgehead atoms. The van der Waals surface area contributed by atoms with Crippen molar-refractivity contribution in [3.05, 3.63) is 82.5 Å². The molecule has 7 heteroatoms. The van der Waals surface area contributed by atoms with Crippen molar-refractivity contribution in [2.24, 2.45) is 0 Å². The first-order chi connectivity index (χ1) is 13.5. The molecule has 3 amide bonds. The van der Waals surface area contributed by atoms with Gasteiger partial charge in [0.25, 0.3) is 17.7 Å². The highest BCUT2D eigenvalue weighted by atomic mass is 16.2. The summed E-state index contributed by atoms with van der Waals surface area (Å²) < 4.78 is 0. The Bertz CT molecular complexity index is 1070. The Labute approximate surface area is 161 Å². The molecule has 0 spiro atoms. The number of carbonyl (C=O) groups is 3. The SMILES string of the molecule is Cc1cc(NC(=O)c2ccc3c(c2)C(=O)N(CCc2ccccc2)C3=O)n[nH]1. The van der Waals surface area contributed by atoms with Crippen LogP contribution in [0, 0.1) is 6.92 Å². The van der Waals surface area contributed by atoms with Gasteiger partial charge in [-0.25, -0.2) is 0 Å². The molecule has 140 valence electrons. The van der Waals surface area contributed by atoms with Gasteiger partial charge in [0.05, 0.1) is 11.1 Å². The topological polar surface area (TPSA) is 95.2 Å². The molecule has 0 saturated heterocycles. The van der Waals surface area contributed by atoms with E-state index in [1.54, 1.807) is 12.1 Å². The van der Waals surface area contributed by atoms with Gasteiger partial charge in [0.1, 0.15) is 0 Å². The predicted octanol–water partition coefficient (Wildman–Crippen LogP) is 2.81. The zero-order valence-electron chi connectivity index (χ0n) is 15.2. The van der Waals surface area contributed by atoms with E-state index in [-0.39, 0.29) is 17.4 Å². The number of fused-ring (bicyclic) bond motifs is 1. The predicted molar refractivity (Wildman–Crippen MR) is 103 cm³/mol. The average Bonchev–Trinajstić information content (AvgIpc) is 3.22. The van der Waals surface area contributed by atoms with Crippen LogP contribution in [-0.2, 0) is 6.42 Å². The molecule has 2 N–H and O–H groups in total. The molecule has 1 aliphatic heterocycles. The van der Waals surface area contributed by atoms with Crippen molar-refractivity contribution < 1.29 is 14.4 Å². The van der Waals surface area contributed by atoms with Gasteiger partial charge in [-0.3, -0.25) is 24.4 Å². The Hall–Kier alpha value is -3.74. The van der Waals surface area contributed by atoms with Gasteiger partial charge in [-0.1, -0.05) is 30.3 Å². The number of nitrogens with one attached hydrogen (secondary N) is 2. The number of benzene rings is 2. The van der Waals surface area contributed by atoms with Crippen molar-refractivity contribution in [2.75, 3.05) is 11.9 Å². The molecular formula is C21H18N4O3. The summed E-state index contributed by atoms with van der Waals surface area (Å²) in [6.45, 7) is 2.12. The second kappa shape index (κ2) is 7.11. The van der Waals surface area contributed by atoms with Gasteiger partial charge in [0.2, 0.25) is 0 Å². The summed E-state index contributed by atoms with van der Waals surface area (Å²) in [5, 5.41) is 9.37. The van der Waals surface area contributed by atoms with E-state index < -0.39 is 5.91 Å². The standard InChI is InChI=1S/C21H18N4O3/c1-13-11-18(24-23-13)22-19(26)15-7-8-16-17(12-15)21(28)25(20(16)27)10-9-14-5-3-2-4-6-14/h2-8,11-12H,9-10H2,1H3,(H2,22,23,24,26). The zero-order chi connectivity index (χ0) is 19.7. The number of anilines is 1. The quantitative estimate of drug-likeness (QED) is 0.672. The molecule has 0 radical (unpaired) electrons. The lowest BCUT2D eigenvalue weighted by atomic mass is 10.1. The molecule has 2 aromatic carbocycles. The third kappa shape index (κ3) is 3.29. The molecule has 0 saturated carbocycles. The van der Waals surface area contributed by atoms with Crippen molar-refractivity contribution >= 4 is 23.5 Å². The Kier molecular flexibility index (Phi) is 4.49. The van der Waals surface area contributed by atoms with Gasteiger partial charge in [0.15, 0.2) is 5.82 Å². The molecule has 0 atom stereocenters. The fraction of sp³-hybridized carbons (Fsp3) is 0.143. The number of aromatic amines is 1. The Morgan fingerprint density at radius 2 is 1.79 bits per heavy atom. The van der Waals surface area contributed by atoms with E-state index in [4.69, 9.17) is 0 Å². The number of carbonyl (C=O) groups excluding carboxylic acids is 3. The minimum absolute atomic E-state index is 0.254. The fourth-order valence-corrected chi connectivity index (χ4v) is 3.19. The molecule has 7 nitrogen and oxygen atoms in total. The number of aryl methyl sites for hydroxylation is 1. The van der Waals surface area contributed by atoms with Crippen LogP contribution in [0.2, 0.25) is 0 Å². The van der Waals surface area contributed by atoms with Crippen molar-refractivity contribution in [2.45, 2.75) is 13.3 Å². The first kappa shape index (κ1) is 17.7. The summed E-state index contributed by atoms with van der Waals surface area (Å²) >= 11 is 0. The van der Waals surface area contributed by atoms with Crippen LogP contribution in [0.4, 0.5) is 5.82 Å². The lowest BCUT2D eigenvalue weighted by Crippen LogP contribution is -2.31. The zero-order valence-corrected chi connectivity index (χ0v) is 15.2. The third-order valence-corrected chi connectivity index (χ3v) is 4.65. The van der Waals surface area contributed by atoms with Gasteiger partial charge in [-0.2, -0.15) is 5.10 Å². The van der Waals surface area contributed by atoms with E-state index in [1.165, 1.54) is 17.0 Å². The molecule has 28 heavy (non-hydrogen) atoms. The number of aromatic nitrogens is 2. The lowest BCUT2D eigenvalue weighted by Gasteiger charge is -2.13. The second-order valence-corrected chi connectivity index (χ2v) is 6.65. The summed E-state index contributed by atoms with van der Waals surface area (Å²) in [5.74, 6) is -0.695. The monoisotopic (exact) mass is 374 g/mol. The minimum Gasteiger partial charge on any atom is -0.305 e. The number of H-pyrrole nitrogens is 1. The molecule has 4 rings (SSSR count). The number of hydrogen-bond donors (Lipinski definition) is 2. The van der Waals surface area contributed by atoms with Gasteiger partial charge >= 0.3 is 0 Å². The smallest absolute Gasteiger partial charge is 0.261 e. The number of hydrogen-bond acceptors (Lipinski definition) is 4. The summed E-state index contributed by atoms with van der Waals surface area (Å²) in [6.07, 6.45) is 0.582.